The number of rotatable bonds is 4. The van der Waals surface area contributed by atoms with Gasteiger partial charge < -0.3 is 4.52 Å². The lowest BCUT2D eigenvalue weighted by atomic mass is 9.92. The molecule has 2 aliphatic rings. The van der Waals surface area contributed by atoms with Crippen molar-refractivity contribution >= 4 is 10.0 Å². The quantitative estimate of drug-likeness (QED) is 0.760. The van der Waals surface area contributed by atoms with Gasteiger partial charge in [-0.15, -0.1) is 0 Å². The van der Waals surface area contributed by atoms with Crippen molar-refractivity contribution in [2.75, 3.05) is 26.2 Å². The number of hydrogen-bond donors (Lipinski definition) is 0. The summed E-state index contributed by atoms with van der Waals surface area (Å²) in [6.07, 6.45) is 4.37. The number of piperazine rings is 1. The third kappa shape index (κ3) is 4.39. The van der Waals surface area contributed by atoms with Crippen molar-refractivity contribution in [1.29, 1.82) is 0 Å². The lowest BCUT2D eigenvalue weighted by Crippen LogP contribution is -2.48. The molecule has 2 heterocycles. The molecule has 0 spiro atoms. The second-order valence-electron chi connectivity index (χ2n) is 9.08. The third-order valence-electron chi connectivity index (χ3n) is 5.76. The van der Waals surface area contributed by atoms with Gasteiger partial charge in [-0.1, -0.05) is 32.0 Å². The Morgan fingerprint density at radius 2 is 1.72 bits per heavy atom. The van der Waals surface area contributed by atoms with Crippen LogP contribution in [0, 0.1) is 0 Å². The van der Waals surface area contributed by atoms with E-state index in [0.717, 1.165) is 19.3 Å². The molecule has 0 N–H and O–H groups in total. The Kier molecular flexibility index (Phi) is 5.52. The summed E-state index contributed by atoms with van der Waals surface area (Å²) in [4.78, 5) is 7.09. The average Bonchev–Trinajstić information content (AvgIpc) is 3.17. The molecule has 0 saturated carbocycles. The first-order valence-electron chi connectivity index (χ1n) is 10.4. The number of hydrogen-bond acceptors (Lipinski definition) is 6. The van der Waals surface area contributed by atoms with Crippen LogP contribution < -0.4 is 0 Å². The Morgan fingerprint density at radius 1 is 1.03 bits per heavy atom. The molecule has 0 unspecified atom stereocenters. The number of fused-ring (bicyclic) bond motifs is 1. The summed E-state index contributed by atoms with van der Waals surface area (Å²) in [7, 11) is -3.45. The lowest BCUT2D eigenvalue weighted by molar-refractivity contribution is 0.176. The van der Waals surface area contributed by atoms with Crippen LogP contribution in [-0.4, -0.2) is 53.9 Å². The van der Waals surface area contributed by atoms with E-state index in [1.807, 2.05) is 32.9 Å². The van der Waals surface area contributed by atoms with Gasteiger partial charge in [0.05, 0.1) is 11.4 Å². The second-order valence-corrected chi connectivity index (χ2v) is 11.0. The Bertz CT molecular complexity index is 970. The lowest BCUT2D eigenvalue weighted by Gasteiger charge is -2.33. The van der Waals surface area contributed by atoms with Gasteiger partial charge >= 0.3 is 0 Å². The standard InChI is InChI=1S/C21H30N4O3S/c1-21(2,3)20-22-19(23-28-20)15-24-10-12-25(13-11-24)29(26,27)18-9-8-16-6-4-5-7-17(16)14-18/h8-9,14H,4-7,10-13,15H2,1-3H3. The molecule has 1 aromatic heterocycles. The molecule has 1 saturated heterocycles. The number of aromatic nitrogens is 2. The maximum atomic E-state index is 13.1. The highest BCUT2D eigenvalue weighted by Gasteiger charge is 2.30. The molecule has 7 nitrogen and oxygen atoms in total. The molecule has 1 aliphatic heterocycles. The zero-order valence-corrected chi connectivity index (χ0v) is 18.3. The normalized spacial score (nSPS) is 19.3. The minimum absolute atomic E-state index is 0.174. The number of aryl methyl sites for hydroxylation is 2. The molecular formula is C21H30N4O3S. The molecule has 1 aromatic carbocycles. The van der Waals surface area contributed by atoms with E-state index in [2.05, 4.69) is 15.0 Å². The number of nitrogens with zero attached hydrogens (tertiary/aromatic N) is 4. The van der Waals surface area contributed by atoms with Crippen LogP contribution in [0.5, 0.6) is 0 Å². The van der Waals surface area contributed by atoms with Crippen molar-refractivity contribution < 1.29 is 12.9 Å². The van der Waals surface area contributed by atoms with E-state index in [1.165, 1.54) is 17.5 Å². The van der Waals surface area contributed by atoms with E-state index in [4.69, 9.17) is 4.52 Å². The van der Waals surface area contributed by atoms with Gasteiger partial charge in [0.2, 0.25) is 15.9 Å². The Hall–Kier alpha value is -1.77. The summed E-state index contributed by atoms with van der Waals surface area (Å²) < 4.78 is 33.2. The Balaban J connectivity index is 1.39. The molecule has 4 rings (SSSR count). The van der Waals surface area contributed by atoms with E-state index in [-0.39, 0.29) is 5.41 Å². The second kappa shape index (κ2) is 7.81. The van der Waals surface area contributed by atoms with Crippen LogP contribution in [0.2, 0.25) is 0 Å². The first-order chi connectivity index (χ1) is 13.7. The molecular weight excluding hydrogens is 388 g/mol. The predicted octanol–water partition coefficient (Wildman–Crippen LogP) is 2.75. The maximum absolute atomic E-state index is 13.1. The van der Waals surface area contributed by atoms with Crippen LogP contribution in [0.3, 0.4) is 0 Å². The van der Waals surface area contributed by atoms with E-state index in [1.54, 1.807) is 10.4 Å². The highest BCUT2D eigenvalue weighted by molar-refractivity contribution is 7.89. The zero-order chi connectivity index (χ0) is 20.6. The molecule has 2 aromatic rings. The Labute approximate surface area is 173 Å². The molecule has 1 aliphatic carbocycles. The summed E-state index contributed by atoms with van der Waals surface area (Å²) in [5, 5.41) is 4.07. The fraction of sp³-hybridized carbons (Fsp3) is 0.619. The molecule has 8 heteroatoms. The molecule has 0 radical (unpaired) electrons. The molecule has 0 amide bonds. The van der Waals surface area contributed by atoms with Crippen molar-refractivity contribution in [1.82, 2.24) is 19.3 Å². The first kappa shape index (κ1) is 20.5. The van der Waals surface area contributed by atoms with Gasteiger partial charge in [-0.25, -0.2) is 8.42 Å². The predicted molar refractivity (Wildman–Crippen MR) is 110 cm³/mol. The SMILES string of the molecule is CC(C)(C)c1nc(CN2CCN(S(=O)(=O)c3ccc4c(c3)CCCC4)CC2)no1. The molecule has 0 bridgehead atoms. The molecule has 158 valence electrons. The largest absolute Gasteiger partial charge is 0.339 e. The van der Waals surface area contributed by atoms with Crippen molar-refractivity contribution in [2.24, 2.45) is 0 Å². The smallest absolute Gasteiger partial charge is 0.243 e. The van der Waals surface area contributed by atoms with Gasteiger partial charge in [0.1, 0.15) is 0 Å². The highest BCUT2D eigenvalue weighted by Crippen LogP contribution is 2.26. The molecule has 29 heavy (non-hydrogen) atoms. The van der Waals surface area contributed by atoms with Crippen LogP contribution in [0.1, 0.15) is 56.5 Å². The summed E-state index contributed by atoms with van der Waals surface area (Å²) in [5.41, 5.74) is 2.32. The van der Waals surface area contributed by atoms with E-state index in [0.29, 0.717) is 49.3 Å². The fourth-order valence-electron chi connectivity index (χ4n) is 3.97. The van der Waals surface area contributed by atoms with Gasteiger partial charge in [0.25, 0.3) is 0 Å². The number of sulfonamides is 1. The van der Waals surface area contributed by atoms with Crippen molar-refractivity contribution in [3.05, 3.63) is 41.0 Å². The highest BCUT2D eigenvalue weighted by atomic mass is 32.2. The van der Waals surface area contributed by atoms with E-state index >= 15 is 0 Å². The van der Waals surface area contributed by atoms with Crippen LogP contribution in [0.25, 0.3) is 0 Å². The first-order valence-corrected chi connectivity index (χ1v) is 11.8. The zero-order valence-electron chi connectivity index (χ0n) is 17.5. The Morgan fingerprint density at radius 3 is 2.38 bits per heavy atom. The summed E-state index contributed by atoms with van der Waals surface area (Å²) in [6.45, 7) is 8.95. The van der Waals surface area contributed by atoms with Gasteiger partial charge in [-0.05, 0) is 48.9 Å². The van der Waals surface area contributed by atoms with E-state index in [9.17, 15) is 8.42 Å². The topological polar surface area (TPSA) is 79.5 Å². The fourth-order valence-corrected chi connectivity index (χ4v) is 5.44. The molecule has 1 fully saturated rings. The third-order valence-corrected chi connectivity index (χ3v) is 7.66. The van der Waals surface area contributed by atoms with Crippen LogP contribution in [0.15, 0.2) is 27.6 Å². The number of benzene rings is 1. The average molecular weight is 419 g/mol. The van der Waals surface area contributed by atoms with Gasteiger partial charge in [-0.3, -0.25) is 4.90 Å². The minimum Gasteiger partial charge on any atom is -0.339 e. The molecule has 0 atom stereocenters. The van der Waals surface area contributed by atoms with Gasteiger partial charge in [0.15, 0.2) is 5.82 Å². The van der Waals surface area contributed by atoms with Crippen molar-refractivity contribution in [3.63, 3.8) is 0 Å². The van der Waals surface area contributed by atoms with Gasteiger partial charge in [0, 0.05) is 31.6 Å². The summed E-state index contributed by atoms with van der Waals surface area (Å²) in [5.74, 6) is 1.28. The summed E-state index contributed by atoms with van der Waals surface area (Å²) >= 11 is 0. The van der Waals surface area contributed by atoms with E-state index < -0.39 is 10.0 Å². The monoisotopic (exact) mass is 418 g/mol. The summed E-state index contributed by atoms with van der Waals surface area (Å²) in [6, 6.07) is 5.67. The van der Waals surface area contributed by atoms with Crippen molar-refractivity contribution in [2.45, 2.75) is 63.3 Å². The van der Waals surface area contributed by atoms with Crippen LogP contribution >= 0.6 is 0 Å². The van der Waals surface area contributed by atoms with Crippen molar-refractivity contribution in [3.8, 4) is 0 Å². The van der Waals surface area contributed by atoms with Crippen LogP contribution in [-0.2, 0) is 34.8 Å². The van der Waals surface area contributed by atoms with Gasteiger partial charge in [-0.2, -0.15) is 9.29 Å². The minimum atomic E-state index is -3.45. The maximum Gasteiger partial charge on any atom is 0.243 e. The van der Waals surface area contributed by atoms with Crippen LogP contribution in [0.4, 0.5) is 0 Å².